The van der Waals surface area contributed by atoms with Crippen molar-refractivity contribution in [1.29, 1.82) is 0 Å². The van der Waals surface area contributed by atoms with Gasteiger partial charge in [-0.25, -0.2) is 4.52 Å². The fourth-order valence-electron chi connectivity index (χ4n) is 3.14. The summed E-state index contributed by atoms with van der Waals surface area (Å²) in [6.45, 7) is 3.65. The average molecular weight is 305 g/mol. The molecule has 1 fully saturated rings. The van der Waals surface area contributed by atoms with Crippen LogP contribution < -0.4 is 5.32 Å². The number of fused-ring (bicyclic) bond motifs is 1. The van der Waals surface area contributed by atoms with Crippen molar-refractivity contribution in [2.45, 2.75) is 12.8 Å². The fraction of sp³-hybridized carbons (Fsp3) is 0.600. The first-order valence-electron chi connectivity index (χ1n) is 7.79. The number of aryl methyl sites for hydroxylation is 1. The van der Waals surface area contributed by atoms with Crippen LogP contribution in [-0.2, 0) is 7.05 Å². The van der Waals surface area contributed by atoms with Crippen molar-refractivity contribution in [3.05, 3.63) is 24.2 Å². The molecule has 2 N–H and O–H groups in total. The number of hydrogen-bond acceptors (Lipinski definition) is 4. The standard InChI is InChI=1S/C15H23N5O2/c1-18-7-8-20-15(18)13(9-17-20)14(22)16-4-6-19-5-2-3-12(10-19)11-21/h7-9,12,21H,2-6,10-11H2,1H3,(H,16,22)/t12-/m0/s1. The lowest BCUT2D eigenvalue weighted by Gasteiger charge is -2.31. The Hall–Kier alpha value is -1.86. The quantitative estimate of drug-likeness (QED) is 0.822. The van der Waals surface area contributed by atoms with Crippen molar-refractivity contribution in [2.24, 2.45) is 13.0 Å². The van der Waals surface area contributed by atoms with E-state index >= 15 is 0 Å². The number of imidazole rings is 1. The molecule has 1 saturated heterocycles. The number of nitrogens with one attached hydrogen (secondary N) is 1. The summed E-state index contributed by atoms with van der Waals surface area (Å²) < 4.78 is 3.59. The molecule has 7 heteroatoms. The van der Waals surface area contributed by atoms with Crippen LogP contribution in [0.1, 0.15) is 23.2 Å². The van der Waals surface area contributed by atoms with E-state index in [1.807, 2.05) is 24.0 Å². The molecule has 120 valence electrons. The second kappa shape index (κ2) is 6.50. The van der Waals surface area contributed by atoms with Gasteiger partial charge in [-0.15, -0.1) is 0 Å². The van der Waals surface area contributed by atoms with Crippen molar-refractivity contribution in [2.75, 3.05) is 32.8 Å². The Labute approximate surface area is 129 Å². The Balaban J connectivity index is 1.53. The van der Waals surface area contributed by atoms with Crippen LogP contribution in [0, 0.1) is 5.92 Å². The third kappa shape index (κ3) is 3.00. The topological polar surface area (TPSA) is 74.8 Å². The normalized spacial score (nSPS) is 19.6. The number of piperidine rings is 1. The number of aromatic nitrogens is 3. The second-order valence-corrected chi connectivity index (χ2v) is 5.98. The zero-order valence-electron chi connectivity index (χ0n) is 12.9. The first-order chi connectivity index (χ1) is 10.7. The second-order valence-electron chi connectivity index (χ2n) is 5.98. The van der Waals surface area contributed by atoms with Crippen LogP contribution in [0.25, 0.3) is 5.65 Å². The number of nitrogens with zero attached hydrogens (tertiary/aromatic N) is 4. The SMILES string of the molecule is Cn1ccn2ncc(C(=O)NCCN3CCC[C@H](CO)C3)c12. The van der Waals surface area contributed by atoms with E-state index in [0.717, 1.165) is 38.1 Å². The summed E-state index contributed by atoms with van der Waals surface area (Å²) >= 11 is 0. The van der Waals surface area contributed by atoms with E-state index in [1.54, 1.807) is 10.7 Å². The monoisotopic (exact) mass is 305 g/mol. The van der Waals surface area contributed by atoms with Gasteiger partial charge in [0.2, 0.25) is 0 Å². The van der Waals surface area contributed by atoms with Gasteiger partial charge in [-0.05, 0) is 25.3 Å². The first-order valence-corrected chi connectivity index (χ1v) is 7.79. The van der Waals surface area contributed by atoms with Crippen LogP contribution in [0.4, 0.5) is 0 Å². The summed E-state index contributed by atoms with van der Waals surface area (Å²) in [7, 11) is 1.90. The van der Waals surface area contributed by atoms with E-state index in [-0.39, 0.29) is 12.5 Å². The molecule has 0 unspecified atom stereocenters. The molecule has 3 rings (SSSR count). The van der Waals surface area contributed by atoms with Crippen molar-refractivity contribution in [3.8, 4) is 0 Å². The largest absolute Gasteiger partial charge is 0.396 e. The number of aliphatic hydroxyl groups is 1. The Morgan fingerprint density at radius 1 is 1.50 bits per heavy atom. The molecule has 0 bridgehead atoms. The Morgan fingerprint density at radius 3 is 3.18 bits per heavy atom. The minimum absolute atomic E-state index is 0.0903. The number of likely N-dealkylation sites (tertiary alicyclic amines) is 1. The molecule has 0 radical (unpaired) electrons. The van der Waals surface area contributed by atoms with E-state index in [0.29, 0.717) is 18.0 Å². The van der Waals surface area contributed by atoms with Crippen LogP contribution >= 0.6 is 0 Å². The summed E-state index contributed by atoms with van der Waals surface area (Å²) in [6.07, 6.45) is 7.53. The Bertz CT molecular complexity index is 647. The van der Waals surface area contributed by atoms with E-state index < -0.39 is 0 Å². The minimum atomic E-state index is -0.0903. The number of amides is 1. The molecule has 22 heavy (non-hydrogen) atoms. The third-order valence-corrected chi connectivity index (χ3v) is 4.35. The molecule has 0 spiro atoms. The molecule has 0 aromatic carbocycles. The van der Waals surface area contributed by atoms with Crippen molar-refractivity contribution in [3.63, 3.8) is 0 Å². The predicted octanol–water partition coefficient (Wildman–Crippen LogP) is 0.107. The fourth-order valence-corrected chi connectivity index (χ4v) is 3.14. The van der Waals surface area contributed by atoms with Crippen molar-refractivity contribution in [1.82, 2.24) is 24.4 Å². The smallest absolute Gasteiger partial charge is 0.256 e. The molecule has 1 atom stereocenters. The van der Waals surface area contributed by atoms with Gasteiger partial charge in [0.25, 0.3) is 5.91 Å². The van der Waals surface area contributed by atoms with Crippen LogP contribution in [-0.4, -0.2) is 62.9 Å². The average Bonchev–Trinajstić information content (AvgIpc) is 3.11. The first kappa shape index (κ1) is 15.1. The lowest BCUT2D eigenvalue weighted by atomic mass is 9.99. The van der Waals surface area contributed by atoms with E-state index in [2.05, 4.69) is 15.3 Å². The Kier molecular flexibility index (Phi) is 4.44. The van der Waals surface area contributed by atoms with Crippen molar-refractivity contribution < 1.29 is 9.90 Å². The summed E-state index contributed by atoms with van der Waals surface area (Å²) in [6, 6.07) is 0. The van der Waals surface area contributed by atoms with Crippen LogP contribution in [0.15, 0.2) is 18.6 Å². The predicted molar refractivity (Wildman–Crippen MR) is 82.7 cm³/mol. The molecule has 2 aromatic heterocycles. The molecule has 3 heterocycles. The van der Waals surface area contributed by atoms with Gasteiger partial charge in [-0.2, -0.15) is 5.10 Å². The molecule has 1 aliphatic heterocycles. The molecule has 1 aliphatic rings. The lowest BCUT2D eigenvalue weighted by molar-refractivity contribution is 0.0932. The van der Waals surface area contributed by atoms with Crippen molar-refractivity contribution >= 4 is 11.6 Å². The maximum absolute atomic E-state index is 12.3. The number of aliphatic hydroxyl groups excluding tert-OH is 1. The van der Waals surface area contributed by atoms with Crippen LogP contribution in [0.3, 0.4) is 0 Å². The zero-order valence-corrected chi connectivity index (χ0v) is 12.9. The highest BCUT2D eigenvalue weighted by Gasteiger charge is 2.19. The summed E-state index contributed by atoms with van der Waals surface area (Å²) in [5, 5.41) is 16.4. The van der Waals surface area contributed by atoms with E-state index in [1.165, 1.54) is 0 Å². The molecule has 7 nitrogen and oxygen atoms in total. The molecule has 0 saturated carbocycles. The molecular formula is C15H23N5O2. The summed E-state index contributed by atoms with van der Waals surface area (Å²) in [5.74, 6) is 0.288. The van der Waals surface area contributed by atoms with Crippen LogP contribution in [0.2, 0.25) is 0 Å². The van der Waals surface area contributed by atoms with Gasteiger partial charge < -0.3 is 19.9 Å². The highest BCUT2D eigenvalue weighted by atomic mass is 16.3. The summed E-state index contributed by atoms with van der Waals surface area (Å²) in [4.78, 5) is 14.6. The van der Waals surface area contributed by atoms with Gasteiger partial charge in [0.15, 0.2) is 0 Å². The maximum Gasteiger partial charge on any atom is 0.256 e. The summed E-state index contributed by atoms with van der Waals surface area (Å²) in [5.41, 5.74) is 1.40. The highest BCUT2D eigenvalue weighted by molar-refractivity contribution is 5.99. The number of carbonyl (C=O) groups excluding carboxylic acids is 1. The molecular weight excluding hydrogens is 282 g/mol. The number of carbonyl (C=O) groups is 1. The molecule has 2 aromatic rings. The number of hydrogen-bond donors (Lipinski definition) is 2. The van der Waals surface area contributed by atoms with E-state index in [4.69, 9.17) is 0 Å². The molecule has 1 amide bonds. The van der Waals surface area contributed by atoms with Gasteiger partial charge in [0.1, 0.15) is 11.2 Å². The highest BCUT2D eigenvalue weighted by Crippen LogP contribution is 2.15. The minimum Gasteiger partial charge on any atom is -0.396 e. The van der Waals surface area contributed by atoms with Gasteiger partial charge >= 0.3 is 0 Å². The molecule has 0 aliphatic carbocycles. The zero-order chi connectivity index (χ0) is 15.5. The number of rotatable bonds is 5. The maximum atomic E-state index is 12.3. The van der Waals surface area contributed by atoms with Gasteiger partial charge in [-0.3, -0.25) is 4.79 Å². The van der Waals surface area contributed by atoms with Crippen LogP contribution in [0.5, 0.6) is 0 Å². The van der Waals surface area contributed by atoms with E-state index in [9.17, 15) is 9.90 Å². The Morgan fingerprint density at radius 2 is 2.36 bits per heavy atom. The van der Waals surface area contributed by atoms with Gasteiger partial charge in [-0.1, -0.05) is 0 Å². The van der Waals surface area contributed by atoms with Gasteiger partial charge in [0, 0.05) is 45.7 Å². The third-order valence-electron chi connectivity index (χ3n) is 4.35. The lowest BCUT2D eigenvalue weighted by Crippen LogP contribution is -2.41. The van der Waals surface area contributed by atoms with Gasteiger partial charge in [0.05, 0.1) is 6.20 Å².